The first kappa shape index (κ1) is 12.8. The molecule has 0 bridgehead atoms. The Morgan fingerprint density at radius 3 is 2.88 bits per heavy atom. The lowest BCUT2D eigenvalue weighted by Crippen LogP contribution is -2.38. The Labute approximate surface area is 112 Å². The normalized spacial score (nSPS) is 18.9. The predicted molar refractivity (Wildman–Crippen MR) is 75.3 cm³/mol. The third-order valence-electron chi connectivity index (χ3n) is 3.16. The quantitative estimate of drug-likeness (QED) is 0.925. The van der Waals surface area contributed by atoms with E-state index in [4.69, 9.17) is 0 Å². The molecule has 2 rings (SSSR count). The van der Waals surface area contributed by atoms with E-state index in [9.17, 15) is 0 Å². The molecule has 1 aromatic heterocycles. The Bertz CT molecular complexity index is 350. The van der Waals surface area contributed by atoms with Crippen LogP contribution >= 0.6 is 15.9 Å². The van der Waals surface area contributed by atoms with Crippen LogP contribution in [0.2, 0.25) is 0 Å². The Morgan fingerprint density at radius 1 is 1.41 bits per heavy atom. The predicted octanol–water partition coefficient (Wildman–Crippen LogP) is 3.13. The largest absolute Gasteiger partial charge is 0.380 e. The van der Waals surface area contributed by atoms with Crippen molar-refractivity contribution in [1.29, 1.82) is 0 Å². The summed E-state index contributed by atoms with van der Waals surface area (Å²) in [5, 5.41) is 3.53. The minimum absolute atomic E-state index is 0.465. The number of nitrogens with zero attached hydrogens (tertiary/aromatic N) is 2. The van der Waals surface area contributed by atoms with Gasteiger partial charge in [-0.2, -0.15) is 0 Å². The number of anilines is 1. The average Bonchev–Trinajstić information content (AvgIpc) is 2.33. The molecule has 1 aliphatic rings. The van der Waals surface area contributed by atoms with Crippen molar-refractivity contribution >= 4 is 21.6 Å². The zero-order valence-corrected chi connectivity index (χ0v) is 11.9. The molecule has 0 saturated carbocycles. The molecule has 1 aromatic rings. The van der Waals surface area contributed by atoms with Crippen LogP contribution in [0.3, 0.4) is 0 Å². The van der Waals surface area contributed by atoms with Gasteiger partial charge in [0.2, 0.25) is 0 Å². The van der Waals surface area contributed by atoms with Gasteiger partial charge in [0.1, 0.15) is 0 Å². The number of pyridine rings is 1. The summed E-state index contributed by atoms with van der Waals surface area (Å²) in [4.78, 5) is 6.62. The fourth-order valence-electron chi connectivity index (χ4n) is 2.33. The Kier molecular flexibility index (Phi) is 4.80. The third-order valence-corrected chi connectivity index (χ3v) is 3.79. The van der Waals surface area contributed by atoms with Gasteiger partial charge in [0.05, 0.1) is 10.2 Å². The van der Waals surface area contributed by atoms with Crippen molar-refractivity contribution in [3.05, 3.63) is 22.9 Å². The van der Waals surface area contributed by atoms with E-state index in [0.717, 1.165) is 16.7 Å². The molecule has 1 aliphatic heterocycles. The van der Waals surface area contributed by atoms with E-state index in [-0.39, 0.29) is 0 Å². The Hall–Kier alpha value is -0.610. The molecule has 1 fully saturated rings. The van der Waals surface area contributed by atoms with Crippen LogP contribution in [-0.4, -0.2) is 35.6 Å². The van der Waals surface area contributed by atoms with Gasteiger partial charge in [-0.25, -0.2) is 0 Å². The van der Waals surface area contributed by atoms with Crippen molar-refractivity contribution in [2.45, 2.75) is 32.2 Å². The fraction of sp³-hybridized carbons (Fsp3) is 0.615. The summed E-state index contributed by atoms with van der Waals surface area (Å²) in [7, 11) is 0. The van der Waals surface area contributed by atoms with E-state index in [2.05, 4.69) is 38.1 Å². The van der Waals surface area contributed by atoms with Crippen LogP contribution < -0.4 is 5.32 Å². The van der Waals surface area contributed by atoms with Gasteiger partial charge in [0.25, 0.3) is 0 Å². The molecule has 1 N–H and O–H groups in total. The van der Waals surface area contributed by atoms with Crippen LogP contribution in [0.1, 0.15) is 26.2 Å². The summed E-state index contributed by atoms with van der Waals surface area (Å²) in [5.41, 5.74) is 1.13. The van der Waals surface area contributed by atoms with Gasteiger partial charge in [-0.05, 0) is 54.9 Å². The van der Waals surface area contributed by atoms with Gasteiger partial charge in [-0.3, -0.25) is 4.98 Å². The second-order valence-corrected chi connectivity index (χ2v) is 5.62. The summed E-state index contributed by atoms with van der Waals surface area (Å²) < 4.78 is 1.03. The van der Waals surface area contributed by atoms with Gasteiger partial charge >= 0.3 is 0 Å². The van der Waals surface area contributed by atoms with E-state index in [1.165, 1.54) is 32.4 Å². The number of aromatic nitrogens is 1. The molecule has 2 heterocycles. The van der Waals surface area contributed by atoms with Gasteiger partial charge in [0, 0.05) is 25.0 Å². The van der Waals surface area contributed by atoms with Crippen molar-refractivity contribution < 1.29 is 0 Å². The Balaban J connectivity index is 1.84. The number of likely N-dealkylation sites (tertiary alicyclic amines) is 1. The number of nitrogens with one attached hydrogen (secondary N) is 1. The molecule has 0 aromatic carbocycles. The summed E-state index contributed by atoms with van der Waals surface area (Å²) in [6.07, 6.45) is 7.75. The topological polar surface area (TPSA) is 28.2 Å². The SMILES string of the molecule is CC(CN1CCCCC1)Nc1ccncc1Br. The van der Waals surface area contributed by atoms with Crippen molar-refractivity contribution in [1.82, 2.24) is 9.88 Å². The fourth-order valence-corrected chi connectivity index (χ4v) is 2.70. The van der Waals surface area contributed by atoms with Crippen molar-refractivity contribution in [2.24, 2.45) is 0 Å². The first-order valence-electron chi connectivity index (χ1n) is 6.34. The van der Waals surface area contributed by atoms with Crippen molar-refractivity contribution in [3.8, 4) is 0 Å². The first-order chi connectivity index (χ1) is 8.25. The molecule has 94 valence electrons. The number of hydrogen-bond acceptors (Lipinski definition) is 3. The summed E-state index contributed by atoms with van der Waals surface area (Å²) in [6.45, 7) is 5.86. The van der Waals surface area contributed by atoms with E-state index in [1.807, 2.05) is 18.5 Å². The molecule has 0 spiro atoms. The van der Waals surface area contributed by atoms with Crippen LogP contribution in [0.15, 0.2) is 22.9 Å². The highest BCUT2D eigenvalue weighted by Crippen LogP contribution is 2.21. The maximum atomic E-state index is 4.07. The lowest BCUT2D eigenvalue weighted by molar-refractivity contribution is 0.223. The maximum absolute atomic E-state index is 4.07. The molecule has 0 aliphatic carbocycles. The summed E-state index contributed by atoms with van der Waals surface area (Å²) in [5.74, 6) is 0. The van der Waals surface area contributed by atoms with Crippen LogP contribution in [-0.2, 0) is 0 Å². The van der Waals surface area contributed by atoms with E-state index in [1.54, 1.807) is 0 Å². The number of halogens is 1. The lowest BCUT2D eigenvalue weighted by Gasteiger charge is -2.29. The average molecular weight is 298 g/mol. The summed E-state index contributed by atoms with van der Waals surface area (Å²) in [6, 6.07) is 2.48. The molecule has 1 saturated heterocycles. The molecule has 0 radical (unpaired) electrons. The van der Waals surface area contributed by atoms with E-state index < -0.39 is 0 Å². The van der Waals surface area contributed by atoms with Gasteiger partial charge < -0.3 is 10.2 Å². The second kappa shape index (κ2) is 6.36. The van der Waals surface area contributed by atoms with E-state index >= 15 is 0 Å². The molecule has 17 heavy (non-hydrogen) atoms. The van der Waals surface area contributed by atoms with Crippen molar-refractivity contribution in [3.63, 3.8) is 0 Å². The highest BCUT2D eigenvalue weighted by molar-refractivity contribution is 9.10. The first-order valence-corrected chi connectivity index (χ1v) is 7.13. The Morgan fingerprint density at radius 2 is 2.18 bits per heavy atom. The number of piperidine rings is 1. The smallest absolute Gasteiger partial charge is 0.0590 e. The minimum atomic E-state index is 0.465. The molecule has 1 unspecified atom stereocenters. The zero-order valence-electron chi connectivity index (χ0n) is 10.3. The van der Waals surface area contributed by atoms with Crippen LogP contribution in [0, 0.1) is 0 Å². The maximum Gasteiger partial charge on any atom is 0.0590 e. The van der Waals surface area contributed by atoms with Crippen LogP contribution in [0.25, 0.3) is 0 Å². The second-order valence-electron chi connectivity index (χ2n) is 4.76. The van der Waals surface area contributed by atoms with Crippen molar-refractivity contribution in [2.75, 3.05) is 25.0 Å². The third kappa shape index (κ3) is 3.96. The van der Waals surface area contributed by atoms with Crippen LogP contribution in [0.5, 0.6) is 0 Å². The highest BCUT2D eigenvalue weighted by Gasteiger charge is 2.13. The highest BCUT2D eigenvalue weighted by atomic mass is 79.9. The molecule has 1 atom stereocenters. The molecule has 3 nitrogen and oxygen atoms in total. The van der Waals surface area contributed by atoms with Gasteiger partial charge in [-0.15, -0.1) is 0 Å². The summed E-state index contributed by atoms with van der Waals surface area (Å²) >= 11 is 3.51. The standard InChI is InChI=1S/C13H20BrN3/c1-11(10-17-7-3-2-4-8-17)16-13-5-6-15-9-12(13)14/h5-6,9,11H,2-4,7-8,10H2,1H3,(H,15,16). The zero-order chi connectivity index (χ0) is 12.1. The van der Waals surface area contributed by atoms with E-state index in [0.29, 0.717) is 6.04 Å². The number of hydrogen-bond donors (Lipinski definition) is 1. The number of rotatable bonds is 4. The van der Waals surface area contributed by atoms with Gasteiger partial charge in [-0.1, -0.05) is 6.42 Å². The molecular formula is C13H20BrN3. The lowest BCUT2D eigenvalue weighted by atomic mass is 10.1. The molecule has 4 heteroatoms. The monoisotopic (exact) mass is 297 g/mol. The minimum Gasteiger partial charge on any atom is -0.380 e. The van der Waals surface area contributed by atoms with Gasteiger partial charge in [0.15, 0.2) is 0 Å². The van der Waals surface area contributed by atoms with Crippen LogP contribution in [0.4, 0.5) is 5.69 Å². The molecular weight excluding hydrogens is 278 g/mol. The molecule has 0 amide bonds.